The second-order valence-electron chi connectivity index (χ2n) is 7.75. The Labute approximate surface area is 176 Å². The normalized spacial score (nSPS) is 16.1. The third kappa shape index (κ3) is 4.13. The SMILES string of the molecule is Cc1nn(Cc2ccccc2)c(C)c1C(=O)NC1CCN(Cc2ccccc2)C1=O. The van der Waals surface area contributed by atoms with Gasteiger partial charge in [0.2, 0.25) is 5.91 Å². The van der Waals surface area contributed by atoms with Crippen molar-refractivity contribution >= 4 is 11.8 Å². The molecule has 1 unspecified atom stereocenters. The van der Waals surface area contributed by atoms with Gasteiger partial charge in [-0.1, -0.05) is 60.7 Å². The highest BCUT2D eigenvalue weighted by Gasteiger charge is 2.33. The highest BCUT2D eigenvalue weighted by Crippen LogP contribution is 2.18. The zero-order valence-corrected chi connectivity index (χ0v) is 17.3. The van der Waals surface area contributed by atoms with Crippen molar-refractivity contribution in [1.82, 2.24) is 20.0 Å². The van der Waals surface area contributed by atoms with Crippen LogP contribution in [0.4, 0.5) is 0 Å². The minimum atomic E-state index is -0.488. The molecule has 1 aromatic heterocycles. The lowest BCUT2D eigenvalue weighted by Crippen LogP contribution is -2.41. The Morgan fingerprint density at radius 2 is 1.60 bits per heavy atom. The number of hydrogen-bond acceptors (Lipinski definition) is 3. The molecule has 0 bridgehead atoms. The van der Waals surface area contributed by atoms with Crippen LogP contribution in [0.2, 0.25) is 0 Å². The predicted molar refractivity (Wildman–Crippen MR) is 115 cm³/mol. The molecule has 1 aliphatic heterocycles. The number of hydrogen-bond donors (Lipinski definition) is 1. The van der Waals surface area contributed by atoms with E-state index in [-0.39, 0.29) is 11.8 Å². The Kier molecular flexibility index (Phi) is 5.65. The number of benzene rings is 2. The number of carbonyl (C=O) groups is 2. The molecule has 3 aromatic rings. The van der Waals surface area contributed by atoms with E-state index in [0.717, 1.165) is 16.8 Å². The summed E-state index contributed by atoms with van der Waals surface area (Å²) in [6.07, 6.45) is 0.619. The quantitative estimate of drug-likeness (QED) is 0.689. The number of nitrogens with one attached hydrogen (secondary N) is 1. The molecule has 6 nitrogen and oxygen atoms in total. The number of aryl methyl sites for hydroxylation is 1. The lowest BCUT2D eigenvalue weighted by Gasteiger charge is -2.17. The van der Waals surface area contributed by atoms with Crippen LogP contribution in [0.25, 0.3) is 0 Å². The molecule has 0 radical (unpaired) electrons. The summed E-state index contributed by atoms with van der Waals surface area (Å²) in [5.74, 6) is -0.261. The van der Waals surface area contributed by atoms with Gasteiger partial charge in [-0.2, -0.15) is 5.10 Å². The molecule has 0 spiro atoms. The number of nitrogens with zero attached hydrogens (tertiary/aromatic N) is 3. The van der Waals surface area contributed by atoms with Gasteiger partial charge in [-0.25, -0.2) is 0 Å². The molecule has 2 aromatic carbocycles. The molecule has 1 atom stereocenters. The van der Waals surface area contributed by atoms with Crippen molar-refractivity contribution in [3.05, 3.63) is 88.7 Å². The predicted octanol–water partition coefficient (Wildman–Crippen LogP) is 3.08. The molecule has 1 aliphatic rings. The van der Waals surface area contributed by atoms with E-state index in [1.807, 2.05) is 79.2 Å². The number of rotatable bonds is 6. The van der Waals surface area contributed by atoms with Gasteiger partial charge in [-0.15, -0.1) is 0 Å². The first-order chi connectivity index (χ1) is 14.5. The summed E-state index contributed by atoms with van der Waals surface area (Å²) in [6, 6.07) is 19.4. The molecule has 1 N–H and O–H groups in total. The van der Waals surface area contributed by atoms with Gasteiger partial charge in [0, 0.05) is 18.8 Å². The molecule has 2 amide bonds. The third-order valence-corrected chi connectivity index (χ3v) is 5.60. The van der Waals surface area contributed by atoms with Gasteiger partial charge in [-0.05, 0) is 31.4 Å². The molecule has 4 rings (SSSR count). The summed E-state index contributed by atoms with van der Waals surface area (Å²) in [7, 11) is 0. The minimum Gasteiger partial charge on any atom is -0.340 e. The summed E-state index contributed by atoms with van der Waals surface area (Å²) >= 11 is 0. The van der Waals surface area contributed by atoms with E-state index in [4.69, 9.17) is 0 Å². The van der Waals surface area contributed by atoms with E-state index in [9.17, 15) is 9.59 Å². The minimum absolute atomic E-state index is 0.0285. The second kappa shape index (κ2) is 8.53. The van der Waals surface area contributed by atoms with Crippen LogP contribution in [-0.2, 0) is 17.9 Å². The molecule has 1 fully saturated rings. The summed E-state index contributed by atoms with van der Waals surface area (Å²) in [5, 5.41) is 7.49. The lowest BCUT2D eigenvalue weighted by atomic mass is 10.1. The molecule has 0 saturated carbocycles. The fourth-order valence-corrected chi connectivity index (χ4v) is 4.00. The van der Waals surface area contributed by atoms with Crippen LogP contribution in [0.15, 0.2) is 60.7 Å². The van der Waals surface area contributed by atoms with Crippen LogP contribution < -0.4 is 5.32 Å². The van der Waals surface area contributed by atoms with Gasteiger partial charge in [0.25, 0.3) is 5.91 Å². The first-order valence-electron chi connectivity index (χ1n) is 10.2. The van der Waals surface area contributed by atoms with E-state index >= 15 is 0 Å². The van der Waals surface area contributed by atoms with E-state index in [0.29, 0.717) is 37.3 Å². The van der Waals surface area contributed by atoms with Crippen molar-refractivity contribution < 1.29 is 9.59 Å². The molecule has 30 heavy (non-hydrogen) atoms. The van der Waals surface area contributed by atoms with Crippen molar-refractivity contribution in [2.45, 2.75) is 39.4 Å². The fourth-order valence-electron chi connectivity index (χ4n) is 4.00. The fraction of sp³-hybridized carbons (Fsp3) is 0.292. The Bertz CT molecular complexity index is 1040. The maximum atomic E-state index is 13.0. The van der Waals surface area contributed by atoms with Crippen molar-refractivity contribution in [3.63, 3.8) is 0 Å². The Balaban J connectivity index is 1.43. The molecule has 2 heterocycles. The van der Waals surface area contributed by atoms with Crippen LogP contribution in [0.5, 0.6) is 0 Å². The molecule has 1 saturated heterocycles. The summed E-state index contributed by atoms with van der Waals surface area (Å²) in [5.41, 5.74) is 4.25. The smallest absolute Gasteiger partial charge is 0.255 e. The number of likely N-dealkylation sites (tertiary alicyclic amines) is 1. The second-order valence-corrected chi connectivity index (χ2v) is 7.75. The van der Waals surface area contributed by atoms with Gasteiger partial charge < -0.3 is 10.2 Å². The van der Waals surface area contributed by atoms with E-state index in [2.05, 4.69) is 10.4 Å². The van der Waals surface area contributed by atoms with Crippen LogP contribution in [0.3, 0.4) is 0 Å². The highest BCUT2D eigenvalue weighted by atomic mass is 16.2. The lowest BCUT2D eigenvalue weighted by molar-refractivity contribution is -0.129. The standard InChI is InChI=1S/C24H26N4O2/c1-17-22(18(2)28(26-17)16-20-11-7-4-8-12-20)23(29)25-21-13-14-27(24(21)30)15-19-9-5-3-6-10-19/h3-12,21H,13-16H2,1-2H3,(H,25,29). The van der Waals surface area contributed by atoms with Gasteiger partial charge >= 0.3 is 0 Å². The number of carbonyl (C=O) groups excluding carboxylic acids is 2. The Hall–Kier alpha value is -3.41. The molecule has 6 heteroatoms. The highest BCUT2D eigenvalue weighted by molar-refractivity contribution is 5.99. The molecule has 154 valence electrons. The van der Waals surface area contributed by atoms with Gasteiger partial charge in [-0.3, -0.25) is 14.3 Å². The van der Waals surface area contributed by atoms with Crippen molar-refractivity contribution in [2.75, 3.05) is 6.54 Å². The van der Waals surface area contributed by atoms with Gasteiger partial charge in [0.15, 0.2) is 0 Å². The summed E-state index contributed by atoms with van der Waals surface area (Å²) in [4.78, 5) is 27.6. The van der Waals surface area contributed by atoms with Crippen LogP contribution in [0.1, 0.15) is 39.3 Å². The zero-order valence-electron chi connectivity index (χ0n) is 17.3. The summed E-state index contributed by atoms with van der Waals surface area (Å²) in [6.45, 7) is 5.55. The monoisotopic (exact) mass is 402 g/mol. The average Bonchev–Trinajstić information content (AvgIpc) is 3.22. The first-order valence-corrected chi connectivity index (χ1v) is 10.2. The zero-order chi connectivity index (χ0) is 21.1. The van der Waals surface area contributed by atoms with E-state index in [1.54, 1.807) is 4.90 Å². The average molecular weight is 402 g/mol. The van der Waals surface area contributed by atoms with E-state index in [1.165, 1.54) is 0 Å². The van der Waals surface area contributed by atoms with Gasteiger partial charge in [0.05, 0.1) is 17.8 Å². The van der Waals surface area contributed by atoms with Crippen LogP contribution in [0, 0.1) is 13.8 Å². The Morgan fingerprint density at radius 3 is 2.23 bits per heavy atom. The topological polar surface area (TPSA) is 67.2 Å². The number of aromatic nitrogens is 2. The first kappa shape index (κ1) is 19.9. The van der Waals surface area contributed by atoms with Crippen molar-refractivity contribution in [2.24, 2.45) is 0 Å². The maximum Gasteiger partial charge on any atom is 0.255 e. The van der Waals surface area contributed by atoms with Crippen molar-refractivity contribution in [1.29, 1.82) is 0 Å². The molecule has 0 aliphatic carbocycles. The Morgan fingerprint density at radius 1 is 1.00 bits per heavy atom. The van der Waals surface area contributed by atoms with Gasteiger partial charge in [0.1, 0.15) is 6.04 Å². The van der Waals surface area contributed by atoms with Crippen LogP contribution >= 0.6 is 0 Å². The van der Waals surface area contributed by atoms with Crippen LogP contribution in [-0.4, -0.2) is 39.1 Å². The third-order valence-electron chi connectivity index (χ3n) is 5.60. The molecular weight excluding hydrogens is 376 g/mol. The van der Waals surface area contributed by atoms with Crippen molar-refractivity contribution in [3.8, 4) is 0 Å². The van der Waals surface area contributed by atoms with E-state index < -0.39 is 6.04 Å². The molecular formula is C24H26N4O2. The number of amides is 2. The maximum absolute atomic E-state index is 13.0. The largest absolute Gasteiger partial charge is 0.340 e. The summed E-state index contributed by atoms with van der Waals surface area (Å²) < 4.78 is 1.84.